The summed E-state index contributed by atoms with van der Waals surface area (Å²) in [6, 6.07) is 18.2. The average molecular weight is 524 g/mol. The Kier molecular flexibility index (Phi) is 8.75. The number of carbonyl (C=O) groups excluding carboxylic acids is 1. The molecule has 36 heavy (non-hydrogen) atoms. The minimum Gasteiger partial charge on any atom is -0.368 e. The number of nitrogens with zero attached hydrogens (tertiary/aromatic N) is 4. The monoisotopic (exact) mass is 523 g/mol. The zero-order chi connectivity index (χ0) is 25.7. The second-order valence-electron chi connectivity index (χ2n) is 9.59. The molecule has 1 aliphatic heterocycles. The van der Waals surface area contributed by atoms with Crippen molar-refractivity contribution in [3.63, 3.8) is 0 Å². The molecule has 1 amide bonds. The van der Waals surface area contributed by atoms with Gasteiger partial charge in [0, 0.05) is 55.3 Å². The summed E-state index contributed by atoms with van der Waals surface area (Å²) in [6.07, 6.45) is 0. The molecule has 1 aliphatic rings. The van der Waals surface area contributed by atoms with Crippen LogP contribution in [0.15, 0.2) is 59.8 Å². The largest absolute Gasteiger partial charge is 0.368 e. The lowest BCUT2D eigenvalue weighted by atomic mass is 10.1. The second kappa shape index (κ2) is 12.0. The molecule has 2 aromatic carbocycles. The number of hydrogen-bond donors (Lipinski definition) is 1. The molecule has 2 heterocycles. The van der Waals surface area contributed by atoms with Crippen molar-refractivity contribution in [1.82, 2.24) is 15.3 Å². The number of anilines is 2. The summed E-state index contributed by atoms with van der Waals surface area (Å²) in [5, 5.41) is 4.15. The zero-order valence-electron chi connectivity index (χ0n) is 21.4. The minimum atomic E-state index is -0.0471. The fraction of sp³-hybridized carbons (Fsp3) is 0.393. The van der Waals surface area contributed by atoms with Crippen molar-refractivity contribution in [2.75, 3.05) is 36.0 Å². The summed E-state index contributed by atoms with van der Waals surface area (Å²) in [4.78, 5) is 26.5. The summed E-state index contributed by atoms with van der Waals surface area (Å²) in [5.41, 5.74) is 4.30. The first-order valence-corrected chi connectivity index (χ1v) is 13.8. The third-order valence-corrected chi connectivity index (χ3v) is 7.75. The molecule has 0 spiro atoms. The number of hydrogen-bond acceptors (Lipinski definition) is 6. The van der Waals surface area contributed by atoms with Crippen LogP contribution in [0.5, 0.6) is 0 Å². The number of benzene rings is 2. The van der Waals surface area contributed by atoms with E-state index in [0.717, 1.165) is 37.6 Å². The van der Waals surface area contributed by atoms with Crippen LogP contribution in [-0.4, -0.2) is 48.1 Å². The Morgan fingerprint density at radius 2 is 1.72 bits per heavy atom. The summed E-state index contributed by atoms with van der Waals surface area (Å²) in [7, 11) is 0. The Balaban J connectivity index is 1.38. The lowest BCUT2D eigenvalue weighted by Gasteiger charge is -2.37. The lowest BCUT2D eigenvalue weighted by Crippen LogP contribution is -2.47. The van der Waals surface area contributed by atoms with Crippen molar-refractivity contribution in [1.29, 1.82) is 0 Å². The van der Waals surface area contributed by atoms with Crippen LogP contribution >= 0.6 is 23.4 Å². The molecule has 6 nitrogen and oxygen atoms in total. The van der Waals surface area contributed by atoms with Crippen LogP contribution in [0.25, 0.3) is 0 Å². The highest BCUT2D eigenvalue weighted by Crippen LogP contribution is 2.27. The molecule has 190 valence electrons. The molecule has 1 atom stereocenters. The number of halogens is 1. The maximum atomic E-state index is 12.6. The van der Waals surface area contributed by atoms with Gasteiger partial charge >= 0.3 is 0 Å². The van der Waals surface area contributed by atoms with Crippen molar-refractivity contribution in [3.8, 4) is 0 Å². The van der Waals surface area contributed by atoms with Gasteiger partial charge in [0.1, 0.15) is 11.0 Å². The molecule has 1 N–H and O–H groups in total. The van der Waals surface area contributed by atoms with Crippen LogP contribution in [0, 0.1) is 12.8 Å². The molecule has 0 saturated carbocycles. The van der Waals surface area contributed by atoms with Gasteiger partial charge in [-0.3, -0.25) is 4.79 Å². The Morgan fingerprint density at radius 1 is 1.00 bits per heavy atom. The van der Waals surface area contributed by atoms with Gasteiger partial charge in [-0.1, -0.05) is 67.5 Å². The average Bonchev–Trinajstić information content (AvgIpc) is 2.87. The molecule has 4 rings (SSSR count). The molecular weight excluding hydrogens is 490 g/mol. The van der Waals surface area contributed by atoms with Crippen LogP contribution in [0.2, 0.25) is 5.15 Å². The SMILES string of the molecule is Cc1ccccc1N1CCN(c2cc(Cl)nc(SCc3cccc(C(=O)NC(C)C(C)C)c3)n2)CC1. The number of amides is 1. The highest BCUT2D eigenvalue weighted by Gasteiger charge is 2.20. The standard InChI is InChI=1S/C28H34ClN5OS/c1-19(2)21(4)30-27(35)23-10-7-9-22(16-23)18-36-28-31-25(29)17-26(32-28)34-14-12-33(13-15-34)24-11-6-5-8-20(24)3/h5-11,16-17,19,21H,12-15,18H2,1-4H3,(H,30,35). The first-order chi connectivity index (χ1) is 17.3. The van der Waals surface area contributed by atoms with Gasteiger partial charge in [0.15, 0.2) is 5.16 Å². The van der Waals surface area contributed by atoms with Gasteiger partial charge in [-0.25, -0.2) is 9.97 Å². The quantitative estimate of drug-likeness (QED) is 0.228. The first kappa shape index (κ1) is 26.3. The van der Waals surface area contributed by atoms with Gasteiger partial charge in [0.05, 0.1) is 0 Å². The highest BCUT2D eigenvalue weighted by molar-refractivity contribution is 7.98. The Hall–Kier alpha value is -2.77. The van der Waals surface area contributed by atoms with Gasteiger partial charge in [0.25, 0.3) is 5.91 Å². The van der Waals surface area contributed by atoms with Crippen LogP contribution in [0.1, 0.15) is 42.3 Å². The number of carbonyl (C=O) groups is 1. The molecule has 8 heteroatoms. The van der Waals surface area contributed by atoms with Crippen LogP contribution < -0.4 is 15.1 Å². The number of para-hydroxylation sites is 1. The summed E-state index contributed by atoms with van der Waals surface area (Å²) in [5.74, 6) is 1.85. The third-order valence-electron chi connectivity index (χ3n) is 6.64. The smallest absolute Gasteiger partial charge is 0.251 e. The molecule has 0 aliphatic carbocycles. The summed E-state index contributed by atoms with van der Waals surface area (Å²) >= 11 is 7.91. The number of nitrogens with one attached hydrogen (secondary N) is 1. The number of rotatable bonds is 8. The van der Waals surface area contributed by atoms with E-state index in [4.69, 9.17) is 16.6 Å². The van der Waals surface area contributed by atoms with E-state index in [-0.39, 0.29) is 11.9 Å². The van der Waals surface area contributed by atoms with E-state index in [1.165, 1.54) is 23.0 Å². The van der Waals surface area contributed by atoms with E-state index in [9.17, 15) is 4.79 Å². The lowest BCUT2D eigenvalue weighted by molar-refractivity contribution is 0.0930. The molecule has 0 radical (unpaired) electrons. The van der Waals surface area contributed by atoms with Gasteiger partial charge in [-0.15, -0.1) is 0 Å². The van der Waals surface area contributed by atoms with Gasteiger partial charge in [-0.2, -0.15) is 0 Å². The Morgan fingerprint density at radius 3 is 2.44 bits per heavy atom. The first-order valence-electron chi connectivity index (χ1n) is 12.4. The van der Waals surface area contributed by atoms with Crippen molar-refractivity contribution in [3.05, 3.63) is 76.4 Å². The van der Waals surface area contributed by atoms with Crippen molar-refractivity contribution >= 4 is 40.8 Å². The Bertz CT molecular complexity index is 1200. The maximum Gasteiger partial charge on any atom is 0.251 e. The number of thioether (sulfide) groups is 1. The van der Waals surface area contributed by atoms with E-state index in [2.05, 4.69) is 65.1 Å². The van der Waals surface area contributed by atoms with Gasteiger partial charge in [-0.05, 0) is 49.1 Å². The van der Waals surface area contributed by atoms with E-state index in [0.29, 0.717) is 27.5 Å². The molecule has 1 aromatic heterocycles. The van der Waals surface area contributed by atoms with Crippen molar-refractivity contribution in [2.24, 2.45) is 5.92 Å². The van der Waals surface area contributed by atoms with Crippen LogP contribution in [-0.2, 0) is 5.75 Å². The molecule has 3 aromatic rings. The van der Waals surface area contributed by atoms with Crippen molar-refractivity contribution in [2.45, 2.75) is 44.6 Å². The number of piperazine rings is 1. The highest BCUT2D eigenvalue weighted by atomic mass is 35.5. The molecule has 1 unspecified atom stereocenters. The van der Waals surface area contributed by atoms with E-state index in [1.54, 1.807) is 0 Å². The van der Waals surface area contributed by atoms with Crippen LogP contribution in [0.3, 0.4) is 0 Å². The topological polar surface area (TPSA) is 61.4 Å². The van der Waals surface area contributed by atoms with E-state index in [1.807, 2.05) is 37.3 Å². The minimum absolute atomic E-state index is 0.0471. The molecular formula is C28H34ClN5OS. The maximum absolute atomic E-state index is 12.6. The summed E-state index contributed by atoms with van der Waals surface area (Å²) in [6.45, 7) is 12.0. The fourth-order valence-electron chi connectivity index (χ4n) is 4.11. The second-order valence-corrected chi connectivity index (χ2v) is 10.9. The normalized spacial score (nSPS) is 14.7. The predicted molar refractivity (Wildman–Crippen MR) is 150 cm³/mol. The predicted octanol–water partition coefficient (Wildman–Crippen LogP) is 5.83. The van der Waals surface area contributed by atoms with Gasteiger partial charge < -0.3 is 15.1 Å². The van der Waals surface area contributed by atoms with Gasteiger partial charge in [0.2, 0.25) is 0 Å². The zero-order valence-corrected chi connectivity index (χ0v) is 22.9. The number of aromatic nitrogens is 2. The molecule has 0 bridgehead atoms. The van der Waals surface area contributed by atoms with Crippen molar-refractivity contribution < 1.29 is 4.79 Å². The summed E-state index contributed by atoms with van der Waals surface area (Å²) < 4.78 is 0. The number of aryl methyl sites for hydroxylation is 1. The molecule has 1 fully saturated rings. The fourth-order valence-corrected chi connectivity index (χ4v) is 5.14. The molecule has 1 saturated heterocycles. The Labute approximate surface area is 223 Å². The van der Waals surface area contributed by atoms with Crippen LogP contribution in [0.4, 0.5) is 11.5 Å². The third kappa shape index (κ3) is 6.71. The van der Waals surface area contributed by atoms with E-state index >= 15 is 0 Å². The van der Waals surface area contributed by atoms with E-state index < -0.39 is 0 Å².